The SMILES string of the molecule is CC(NC1=NCCCS1)c1ccc(Cl)cc1. The van der Waals surface area contributed by atoms with Gasteiger partial charge in [-0.2, -0.15) is 0 Å². The van der Waals surface area contributed by atoms with Crippen molar-refractivity contribution in [1.82, 2.24) is 5.32 Å². The summed E-state index contributed by atoms with van der Waals surface area (Å²) in [6, 6.07) is 8.22. The van der Waals surface area contributed by atoms with Gasteiger partial charge in [-0.05, 0) is 31.0 Å². The van der Waals surface area contributed by atoms with Crippen molar-refractivity contribution in [3.05, 3.63) is 34.9 Å². The van der Waals surface area contributed by atoms with Gasteiger partial charge in [-0.25, -0.2) is 0 Å². The highest BCUT2D eigenvalue weighted by atomic mass is 35.5. The Morgan fingerprint density at radius 1 is 1.38 bits per heavy atom. The molecule has 2 rings (SSSR count). The van der Waals surface area contributed by atoms with E-state index in [1.807, 2.05) is 24.3 Å². The molecule has 4 heteroatoms. The molecule has 1 N–H and O–H groups in total. The van der Waals surface area contributed by atoms with Crippen LogP contribution in [0.3, 0.4) is 0 Å². The van der Waals surface area contributed by atoms with Crippen molar-refractivity contribution in [3.8, 4) is 0 Å². The third-order valence-electron chi connectivity index (χ3n) is 2.51. The summed E-state index contributed by atoms with van der Waals surface area (Å²) in [5.74, 6) is 1.17. The van der Waals surface area contributed by atoms with Crippen LogP contribution in [0.1, 0.15) is 24.9 Å². The van der Waals surface area contributed by atoms with Gasteiger partial charge in [0.1, 0.15) is 0 Å². The summed E-state index contributed by atoms with van der Waals surface area (Å²) in [5.41, 5.74) is 1.23. The zero-order valence-electron chi connectivity index (χ0n) is 9.24. The molecule has 1 aromatic rings. The van der Waals surface area contributed by atoms with Gasteiger partial charge in [0, 0.05) is 17.3 Å². The molecule has 0 bridgehead atoms. The Hall–Kier alpha value is -0.670. The van der Waals surface area contributed by atoms with Gasteiger partial charge in [0.25, 0.3) is 0 Å². The van der Waals surface area contributed by atoms with Crippen molar-refractivity contribution in [2.24, 2.45) is 4.99 Å². The first-order chi connectivity index (χ1) is 7.75. The second kappa shape index (κ2) is 5.60. The maximum Gasteiger partial charge on any atom is 0.157 e. The highest BCUT2D eigenvalue weighted by molar-refractivity contribution is 8.13. The number of halogens is 1. The first-order valence-corrected chi connectivity index (χ1v) is 6.81. The van der Waals surface area contributed by atoms with E-state index in [0.29, 0.717) is 0 Å². The maximum absolute atomic E-state index is 5.86. The van der Waals surface area contributed by atoms with Gasteiger partial charge in [0.15, 0.2) is 5.17 Å². The molecule has 1 heterocycles. The van der Waals surface area contributed by atoms with Gasteiger partial charge in [0.05, 0.1) is 6.04 Å². The summed E-state index contributed by atoms with van der Waals surface area (Å²) in [7, 11) is 0. The third-order valence-corrected chi connectivity index (χ3v) is 3.77. The molecule has 1 atom stereocenters. The Morgan fingerprint density at radius 2 is 2.12 bits per heavy atom. The van der Waals surface area contributed by atoms with Gasteiger partial charge in [-0.3, -0.25) is 4.99 Å². The van der Waals surface area contributed by atoms with Gasteiger partial charge in [-0.1, -0.05) is 35.5 Å². The van der Waals surface area contributed by atoms with E-state index in [2.05, 4.69) is 17.2 Å². The van der Waals surface area contributed by atoms with E-state index in [-0.39, 0.29) is 6.04 Å². The molecule has 1 aliphatic rings. The summed E-state index contributed by atoms with van der Waals surface area (Å²) >= 11 is 7.66. The number of amidine groups is 1. The Morgan fingerprint density at radius 3 is 2.75 bits per heavy atom. The van der Waals surface area contributed by atoms with Crippen LogP contribution in [0.4, 0.5) is 0 Å². The van der Waals surface area contributed by atoms with Crippen LogP contribution in [0.5, 0.6) is 0 Å². The van der Waals surface area contributed by atoms with E-state index in [1.165, 1.54) is 17.7 Å². The Balaban J connectivity index is 1.99. The molecule has 0 aromatic heterocycles. The van der Waals surface area contributed by atoms with Gasteiger partial charge >= 0.3 is 0 Å². The molecule has 0 fully saturated rings. The monoisotopic (exact) mass is 254 g/mol. The number of benzene rings is 1. The number of hydrogen-bond donors (Lipinski definition) is 1. The Bertz CT molecular complexity index is 375. The average Bonchev–Trinajstić information content (AvgIpc) is 2.31. The minimum Gasteiger partial charge on any atom is -0.358 e. The van der Waals surface area contributed by atoms with Crippen molar-refractivity contribution in [1.29, 1.82) is 0 Å². The molecule has 1 aromatic carbocycles. The normalized spacial score (nSPS) is 17.8. The van der Waals surface area contributed by atoms with Gasteiger partial charge in [0.2, 0.25) is 0 Å². The molecule has 0 aliphatic carbocycles. The second-order valence-corrected chi connectivity index (χ2v) is 5.33. The third kappa shape index (κ3) is 3.16. The fraction of sp³-hybridized carbons (Fsp3) is 0.417. The number of hydrogen-bond acceptors (Lipinski definition) is 3. The molecular weight excluding hydrogens is 240 g/mol. The van der Waals surface area contributed by atoms with Crippen LogP contribution < -0.4 is 5.32 Å². The molecule has 0 saturated heterocycles. The summed E-state index contributed by atoms with van der Waals surface area (Å²) in [6.45, 7) is 3.09. The van der Waals surface area contributed by atoms with Gasteiger partial charge < -0.3 is 5.32 Å². The van der Waals surface area contributed by atoms with Crippen molar-refractivity contribution in [2.75, 3.05) is 12.3 Å². The number of rotatable bonds is 2. The van der Waals surface area contributed by atoms with Crippen molar-refractivity contribution >= 4 is 28.5 Å². The van der Waals surface area contributed by atoms with Crippen molar-refractivity contribution in [2.45, 2.75) is 19.4 Å². The molecule has 0 saturated carbocycles. The second-order valence-electron chi connectivity index (χ2n) is 3.81. The maximum atomic E-state index is 5.86. The summed E-state index contributed by atoms with van der Waals surface area (Å²) in [4.78, 5) is 4.45. The minimum atomic E-state index is 0.279. The van der Waals surface area contributed by atoms with Crippen LogP contribution in [0.2, 0.25) is 5.02 Å². The predicted octanol–water partition coefficient (Wildman–Crippen LogP) is 3.48. The minimum absolute atomic E-state index is 0.279. The average molecular weight is 255 g/mol. The van der Waals surface area contributed by atoms with E-state index in [9.17, 15) is 0 Å². The summed E-state index contributed by atoms with van der Waals surface area (Å²) in [5, 5.41) is 5.27. The largest absolute Gasteiger partial charge is 0.358 e. The van der Waals surface area contributed by atoms with Crippen LogP contribution in [0.15, 0.2) is 29.3 Å². The summed E-state index contributed by atoms with van der Waals surface area (Å²) < 4.78 is 0. The van der Waals surface area contributed by atoms with Gasteiger partial charge in [-0.15, -0.1) is 0 Å². The molecule has 16 heavy (non-hydrogen) atoms. The quantitative estimate of drug-likeness (QED) is 0.874. The number of nitrogens with one attached hydrogen (secondary N) is 1. The van der Waals surface area contributed by atoms with E-state index >= 15 is 0 Å². The lowest BCUT2D eigenvalue weighted by Crippen LogP contribution is -2.26. The lowest BCUT2D eigenvalue weighted by atomic mass is 10.1. The van der Waals surface area contributed by atoms with Crippen LogP contribution in [-0.2, 0) is 0 Å². The Kier molecular flexibility index (Phi) is 4.13. The molecule has 1 unspecified atom stereocenters. The molecule has 2 nitrogen and oxygen atoms in total. The molecule has 0 spiro atoms. The van der Waals surface area contributed by atoms with Crippen LogP contribution in [-0.4, -0.2) is 17.5 Å². The van der Waals surface area contributed by atoms with E-state index in [4.69, 9.17) is 11.6 Å². The molecular formula is C12H15ClN2S. The fourth-order valence-corrected chi connectivity index (χ4v) is 2.60. The first kappa shape index (κ1) is 11.8. The zero-order chi connectivity index (χ0) is 11.4. The lowest BCUT2D eigenvalue weighted by molar-refractivity contribution is 0.718. The number of aliphatic imine (C=N–C) groups is 1. The number of nitrogens with zero attached hydrogens (tertiary/aromatic N) is 1. The van der Waals surface area contributed by atoms with E-state index in [0.717, 1.165) is 16.7 Å². The molecule has 86 valence electrons. The van der Waals surface area contributed by atoms with Crippen molar-refractivity contribution in [3.63, 3.8) is 0 Å². The highest BCUT2D eigenvalue weighted by Crippen LogP contribution is 2.18. The van der Waals surface area contributed by atoms with Crippen LogP contribution in [0, 0.1) is 0 Å². The fourth-order valence-electron chi connectivity index (χ4n) is 1.57. The number of thioether (sulfide) groups is 1. The smallest absolute Gasteiger partial charge is 0.157 e. The molecule has 1 aliphatic heterocycles. The predicted molar refractivity (Wildman–Crippen MR) is 72.4 cm³/mol. The van der Waals surface area contributed by atoms with Crippen molar-refractivity contribution < 1.29 is 0 Å². The first-order valence-electron chi connectivity index (χ1n) is 5.45. The van der Waals surface area contributed by atoms with Crippen LogP contribution >= 0.6 is 23.4 Å². The Labute approximate surface area is 105 Å². The zero-order valence-corrected chi connectivity index (χ0v) is 10.8. The molecule has 0 amide bonds. The lowest BCUT2D eigenvalue weighted by Gasteiger charge is -2.19. The van der Waals surface area contributed by atoms with Crippen LogP contribution in [0.25, 0.3) is 0 Å². The summed E-state index contributed by atoms with van der Waals surface area (Å²) in [6.07, 6.45) is 1.19. The van der Waals surface area contributed by atoms with E-state index in [1.54, 1.807) is 11.8 Å². The topological polar surface area (TPSA) is 24.4 Å². The standard InChI is InChI=1S/C12H15ClN2S/c1-9(10-3-5-11(13)6-4-10)15-12-14-7-2-8-16-12/h3-6,9H,2,7-8H2,1H3,(H,14,15). The molecule has 0 radical (unpaired) electrons. The van der Waals surface area contributed by atoms with E-state index < -0.39 is 0 Å². The highest BCUT2D eigenvalue weighted by Gasteiger charge is 2.10.